The van der Waals surface area contributed by atoms with Crippen LogP contribution in [0.3, 0.4) is 0 Å². The minimum absolute atomic E-state index is 0.0825. The Morgan fingerprint density at radius 2 is 2.17 bits per heavy atom. The standard InChI is InChI=1S/C22H24N6OS/c1-14-9-12-28(22(29)26-21-25-16-5-3-4-6-19(16)30-21)13-18(14)27(2)17-8-11-24-20-15(17)7-10-23-20/h3-8,10-11,14,18H,9,12-13H2,1-2H3,(H,23,24)(H,25,26,29)/t14-,18?/m1/s1. The van der Waals surface area contributed by atoms with Gasteiger partial charge >= 0.3 is 6.03 Å². The molecular formula is C22H24N6OS. The summed E-state index contributed by atoms with van der Waals surface area (Å²) in [6.07, 6.45) is 4.70. The number of likely N-dealkylation sites (tertiary alicyclic amines) is 1. The van der Waals surface area contributed by atoms with Crippen molar-refractivity contribution in [3.05, 3.63) is 48.8 Å². The molecule has 0 spiro atoms. The molecule has 1 saturated heterocycles. The topological polar surface area (TPSA) is 77.2 Å². The van der Waals surface area contributed by atoms with Gasteiger partial charge in [-0.3, -0.25) is 5.32 Å². The number of thiazole rings is 1. The van der Waals surface area contributed by atoms with E-state index < -0.39 is 0 Å². The number of aromatic amines is 1. The first-order chi connectivity index (χ1) is 14.6. The lowest BCUT2D eigenvalue weighted by atomic mass is 9.92. The Hall–Kier alpha value is -3.13. The van der Waals surface area contributed by atoms with E-state index in [9.17, 15) is 4.79 Å². The number of pyridine rings is 1. The number of aromatic nitrogens is 3. The number of anilines is 2. The number of rotatable bonds is 3. The van der Waals surface area contributed by atoms with Gasteiger partial charge in [-0.15, -0.1) is 0 Å². The molecule has 30 heavy (non-hydrogen) atoms. The molecule has 8 heteroatoms. The second-order valence-corrected chi connectivity index (χ2v) is 8.91. The summed E-state index contributed by atoms with van der Waals surface area (Å²) in [4.78, 5) is 29.3. The summed E-state index contributed by atoms with van der Waals surface area (Å²) < 4.78 is 1.07. The number of H-pyrrole nitrogens is 1. The second kappa shape index (κ2) is 7.60. The number of urea groups is 1. The first-order valence-electron chi connectivity index (χ1n) is 10.2. The van der Waals surface area contributed by atoms with Gasteiger partial charge in [-0.2, -0.15) is 0 Å². The molecule has 1 aliphatic heterocycles. The second-order valence-electron chi connectivity index (χ2n) is 7.88. The van der Waals surface area contributed by atoms with Crippen LogP contribution in [0.5, 0.6) is 0 Å². The number of likely N-dealkylation sites (N-methyl/N-ethyl adjacent to an activating group) is 1. The van der Waals surface area contributed by atoms with Gasteiger partial charge < -0.3 is 14.8 Å². The first-order valence-corrected chi connectivity index (χ1v) is 11.0. The third-order valence-corrected chi connectivity index (χ3v) is 6.98. The van der Waals surface area contributed by atoms with Gasteiger partial charge in [0, 0.05) is 49.6 Å². The van der Waals surface area contributed by atoms with E-state index >= 15 is 0 Å². The van der Waals surface area contributed by atoms with Crippen LogP contribution >= 0.6 is 11.3 Å². The highest BCUT2D eigenvalue weighted by Crippen LogP contribution is 2.31. The number of nitrogens with zero attached hydrogens (tertiary/aromatic N) is 4. The monoisotopic (exact) mass is 420 g/mol. The lowest BCUT2D eigenvalue weighted by molar-refractivity contribution is 0.172. The summed E-state index contributed by atoms with van der Waals surface area (Å²) in [5.74, 6) is 0.476. The van der Waals surface area contributed by atoms with Gasteiger partial charge in [-0.05, 0) is 36.6 Å². The zero-order chi connectivity index (χ0) is 20.7. The van der Waals surface area contributed by atoms with Crippen molar-refractivity contribution in [2.24, 2.45) is 5.92 Å². The van der Waals surface area contributed by atoms with E-state index in [-0.39, 0.29) is 12.1 Å². The Kier molecular flexibility index (Phi) is 4.78. The number of amides is 2. The number of para-hydroxylation sites is 1. The molecule has 0 bridgehead atoms. The summed E-state index contributed by atoms with van der Waals surface area (Å²) in [5.41, 5.74) is 2.93. The molecule has 154 valence electrons. The van der Waals surface area contributed by atoms with Crippen molar-refractivity contribution in [1.82, 2.24) is 19.9 Å². The summed E-state index contributed by atoms with van der Waals surface area (Å²) in [6, 6.07) is 12.2. The Morgan fingerprint density at radius 1 is 1.30 bits per heavy atom. The van der Waals surface area contributed by atoms with Crippen molar-refractivity contribution >= 4 is 49.4 Å². The normalized spacial score (nSPS) is 19.3. The van der Waals surface area contributed by atoms with Gasteiger partial charge in [-0.25, -0.2) is 14.8 Å². The Bertz CT molecular complexity index is 1170. The number of carbonyl (C=O) groups excluding carboxylic acids is 1. The molecule has 2 atom stereocenters. The maximum atomic E-state index is 13.0. The number of nitrogens with one attached hydrogen (secondary N) is 2. The summed E-state index contributed by atoms with van der Waals surface area (Å²) in [5, 5.41) is 4.75. The summed E-state index contributed by atoms with van der Waals surface area (Å²) >= 11 is 1.51. The summed E-state index contributed by atoms with van der Waals surface area (Å²) in [6.45, 7) is 3.68. The van der Waals surface area contributed by atoms with Crippen molar-refractivity contribution in [2.45, 2.75) is 19.4 Å². The van der Waals surface area contributed by atoms with E-state index in [4.69, 9.17) is 0 Å². The fourth-order valence-electron chi connectivity index (χ4n) is 4.27. The zero-order valence-corrected chi connectivity index (χ0v) is 17.8. The smallest absolute Gasteiger partial charge is 0.323 e. The molecule has 0 radical (unpaired) electrons. The molecule has 1 fully saturated rings. The van der Waals surface area contributed by atoms with E-state index in [1.165, 1.54) is 11.3 Å². The van der Waals surface area contributed by atoms with E-state index in [0.29, 0.717) is 17.6 Å². The van der Waals surface area contributed by atoms with Crippen molar-refractivity contribution < 1.29 is 4.79 Å². The molecule has 4 heterocycles. The van der Waals surface area contributed by atoms with Gasteiger partial charge in [0.1, 0.15) is 5.65 Å². The van der Waals surface area contributed by atoms with Crippen LogP contribution in [0.4, 0.5) is 15.6 Å². The van der Waals surface area contributed by atoms with Gasteiger partial charge in [0.15, 0.2) is 5.13 Å². The molecule has 5 rings (SSSR count). The SMILES string of the molecule is C[C@@H]1CCN(C(=O)Nc2nc3ccccc3s2)CC1N(C)c1ccnc2[nH]ccc12. The van der Waals surface area contributed by atoms with Crippen LogP contribution < -0.4 is 10.2 Å². The Labute approximate surface area is 178 Å². The third kappa shape index (κ3) is 3.37. The van der Waals surface area contributed by atoms with Crippen LogP contribution in [0.15, 0.2) is 48.8 Å². The average Bonchev–Trinajstić information content (AvgIpc) is 3.39. The fraction of sp³-hybridized carbons (Fsp3) is 0.318. The van der Waals surface area contributed by atoms with Crippen molar-refractivity contribution in [2.75, 3.05) is 30.4 Å². The molecule has 2 N–H and O–H groups in total. The van der Waals surface area contributed by atoms with Crippen LogP contribution in [0, 0.1) is 5.92 Å². The van der Waals surface area contributed by atoms with Crippen LogP contribution in [0.2, 0.25) is 0 Å². The number of benzene rings is 1. The molecule has 1 aliphatic rings. The number of hydrogen-bond donors (Lipinski definition) is 2. The molecule has 3 aromatic heterocycles. The lowest BCUT2D eigenvalue weighted by Crippen LogP contribution is -2.53. The van der Waals surface area contributed by atoms with E-state index in [1.54, 1.807) is 0 Å². The average molecular weight is 421 g/mol. The molecule has 0 aliphatic carbocycles. The van der Waals surface area contributed by atoms with Gasteiger partial charge in [0.2, 0.25) is 0 Å². The van der Waals surface area contributed by atoms with E-state index in [2.05, 4.69) is 45.2 Å². The first kappa shape index (κ1) is 18.9. The maximum Gasteiger partial charge on any atom is 0.323 e. The third-order valence-electron chi connectivity index (χ3n) is 6.03. The van der Waals surface area contributed by atoms with Crippen LogP contribution in [-0.2, 0) is 0 Å². The van der Waals surface area contributed by atoms with Crippen molar-refractivity contribution in [3.63, 3.8) is 0 Å². The molecule has 1 unspecified atom stereocenters. The predicted molar refractivity (Wildman–Crippen MR) is 122 cm³/mol. The number of fused-ring (bicyclic) bond motifs is 2. The maximum absolute atomic E-state index is 13.0. The number of carbonyl (C=O) groups is 1. The quantitative estimate of drug-likeness (QED) is 0.510. The minimum atomic E-state index is -0.0825. The number of hydrogen-bond acceptors (Lipinski definition) is 5. The Morgan fingerprint density at radius 3 is 3.03 bits per heavy atom. The number of piperidine rings is 1. The van der Waals surface area contributed by atoms with E-state index in [1.807, 2.05) is 47.6 Å². The minimum Gasteiger partial charge on any atom is -0.369 e. The van der Waals surface area contributed by atoms with Gasteiger partial charge in [0.25, 0.3) is 0 Å². The highest BCUT2D eigenvalue weighted by molar-refractivity contribution is 7.22. The predicted octanol–water partition coefficient (Wildman–Crippen LogP) is 4.55. The molecular weight excluding hydrogens is 396 g/mol. The molecule has 0 saturated carbocycles. The lowest BCUT2D eigenvalue weighted by Gasteiger charge is -2.42. The highest BCUT2D eigenvalue weighted by Gasteiger charge is 2.32. The van der Waals surface area contributed by atoms with Gasteiger partial charge in [0.05, 0.1) is 10.2 Å². The fourth-order valence-corrected chi connectivity index (χ4v) is 5.12. The largest absolute Gasteiger partial charge is 0.369 e. The van der Waals surface area contributed by atoms with Crippen molar-refractivity contribution in [1.29, 1.82) is 0 Å². The molecule has 1 aromatic carbocycles. The van der Waals surface area contributed by atoms with Crippen molar-refractivity contribution in [3.8, 4) is 0 Å². The van der Waals surface area contributed by atoms with Gasteiger partial charge in [-0.1, -0.05) is 30.4 Å². The molecule has 2 amide bonds. The molecule has 7 nitrogen and oxygen atoms in total. The van der Waals surface area contributed by atoms with Crippen LogP contribution in [-0.4, -0.2) is 52.1 Å². The molecule has 4 aromatic rings. The Balaban J connectivity index is 1.33. The van der Waals surface area contributed by atoms with Crippen LogP contribution in [0.25, 0.3) is 21.3 Å². The summed E-state index contributed by atoms with van der Waals surface area (Å²) in [7, 11) is 2.11. The van der Waals surface area contributed by atoms with E-state index in [0.717, 1.165) is 39.9 Å². The highest BCUT2D eigenvalue weighted by atomic mass is 32.1. The zero-order valence-electron chi connectivity index (χ0n) is 17.0. The van der Waals surface area contributed by atoms with Crippen LogP contribution in [0.1, 0.15) is 13.3 Å².